The molecule has 1 aromatic rings. The average molecular weight is 293 g/mol. The molecule has 0 heterocycles. The Hall–Kier alpha value is -2.09. The Morgan fingerprint density at radius 3 is 2.76 bits per heavy atom. The Balaban J connectivity index is 1.68. The second-order valence-corrected chi connectivity index (χ2v) is 4.92. The molecule has 0 aromatic heterocycles. The van der Waals surface area contributed by atoms with E-state index < -0.39 is 11.6 Å². The molecule has 0 saturated heterocycles. The fourth-order valence-corrected chi connectivity index (χ4v) is 2.28. The number of amides is 1. The van der Waals surface area contributed by atoms with Crippen molar-refractivity contribution >= 4 is 5.91 Å². The van der Waals surface area contributed by atoms with Crippen molar-refractivity contribution in [3.05, 3.63) is 29.8 Å². The summed E-state index contributed by atoms with van der Waals surface area (Å²) in [5, 5.41) is 2.75. The number of carbonyl (C=O) groups is 1. The molecule has 0 spiro atoms. The van der Waals surface area contributed by atoms with Gasteiger partial charge in [-0.15, -0.1) is 0 Å². The molecule has 21 heavy (non-hydrogen) atoms. The monoisotopic (exact) mass is 293 g/mol. The van der Waals surface area contributed by atoms with Crippen LogP contribution < -0.4 is 10.1 Å². The second-order valence-electron chi connectivity index (χ2n) is 4.92. The molecule has 1 amide bonds. The van der Waals surface area contributed by atoms with Crippen LogP contribution in [0.2, 0.25) is 0 Å². The van der Waals surface area contributed by atoms with Crippen molar-refractivity contribution in [2.45, 2.75) is 25.7 Å². The maximum atomic E-state index is 13.2. The van der Waals surface area contributed by atoms with Crippen molar-refractivity contribution in [2.24, 2.45) is 5.92 Å². The molecule has 1 fully saturated rings. The smallest absolute Gasteiger partial charge is 0.223 e. The Labute approximate surface area is 122 Å². The Bertz CT molecular complexity index is 557. The zero-order valence-corrected chi connectivity index (χ0v) is 11.6. The molecule has 1 saturated carbocycles. The Kier molecular flexibility index (Phi) is 5.56. The Morgan fingerprint density at radius 2 is 2.05 bits per heavy atom. The van der Waals surface area contributed by atoms with Gasteiger partial charge in [-0.1, -0.05) is 24.7 Å². The number of benzene rings is 1. The molecule has 112 valence electrons. The van der Waals surface area contributed by atoms with Gasteiger partial charge in [0.25, 0.3) is 0 Å². The lowest BCUT2D eigenvalue weighted by molar-refractivity contribution is -0.124. The van der Waals surface area contributed by atoms with Crippen LogP contribution >= 0.6 is 0 Å². The largest absolute Gasteiger partial charge is 0.478 e. The third-order valence-corrected chi connectivity index (χ3v) is 3.40. The molecular formula is C16H17F2NO2. The number of ether oxygens (including phenoxy) is 1. The number of hydrogen-bond acceptors (Lipinski definition) is 2. The lowest BCUT2D eigenvalue weighted by Crippen LogP contribution is -2.29. The first-order chi connectivity index (χ1) is 10.2. The van der Waals surface area contributed by atoms with Crippen molar-refractivity contribution in [2.75, 3.05) is 13.2 Å². The second kappa shape index (κ2) is 7.63. The molecule has 5 heteroatoms. The van der Waals surface area contributed by atoms with E-state index in [0.29, 0.717) is 0 Å². The van der Waals surface area contributed by atoms with Crippen molar-refractivity contribution in [1.29, 1.82) is 0 Å². The standard InChI is InChI=1S/C16H17F2NO2/c17-13-7-8-15(14(18)11-13)21-10-4-3-9-19-16(20)12-5-1-2-6-12/h7-8,11-12H,1-2,5-6,9-10H2,(H,19,20). The molecule has 1 aromatic carbocycles. The number of hydrogen-bond donors (Lipinski definition) is 1. The first-order valence-electron chi connectivity index (χ1n) is 6.98. The van der Waals surface area contributed by atoms with Gasteiger partial charge in [0.2, 0.25) is 5.91 Å². The molecule has 0 unspecified atom stereocenters. The first-order valence-corrected chi connectivity index (χ1v) is 6.98. The minimum atomic E-state index is -0.758. The summed E-state index contributed by atoms with van der Waals surface area (Å²) in [5.74, 6) is 4.13. The molecule has 0 radical (unpaired) electrons. The zero-order valence-electron chi connectivity index (χ0n) is 11.6. The molecule has 1 aliphatic carbocycles. The summed E-state index contributed by atoms with van der Waals surface area (Å²) in [6, 6.07) is 3.09. The SMILES string of the molecule is O=C(NCC#CCOc1ccc(F)cc1F)C1CCCC1. The number of nitrogens with one attached hydrogen (secondary N) is 1. The van der Waals surface area contributed by atoms with Crippen molar-refractivity contribution in [1.82, 2.24) is 5.32 Å². The summed E-state index contributed by atoms with van der Waals surface area (Å²) in [4.78, 5) is 11.7. The van der Waals surface area contributed by atoms with E-state index in [1.54, 1.807) is 0 Å². The predicted molar refractivity (Wildman–Crippen MR) is 74.6 cm³/mol. The summed E-state index contributed by atoms with van der Waals surface area (Å²) in [6.45, 7) is 0.243. The van der Waals surface area contributed by atoms with Crippen LogP contribution in [-0.4, -0.2) is 19.1 Å². The third kappa shape index (κ3) is 4.75. The van der Waals surface area contributed by atoms with E-state index in [1.165, 1.54) is 6.07 Å². The van der Waals surface area contributed by atoms with Crippen molar-refractivity contribution in [3.63, 3.8) is 0 Å². The van der Waals surface area contributed by atoms with Crippen molar-refractivity contribution in [3.8, 4) is 17.6 Å². The fourth-order valence-electron chi connectivity index (χ4n) is 2.28. The number of halogens is 2. The molecule has 1 aliphatic rings. The van der Waals surface area contributed by atoms with Crippen LogP contribution in [0.4, 0.5) is 8.78 Å². The van der Waals surface area contributed by atoms with E-state index in [0.717, 1.165) is 37.8 Å². The molecule has 1 N–H and O–H groups in total. The summed E-state index contributed by atoms with van der Waals surface area (Å²) >= 11 is 0. The van der Waals surface area contributed by atoms with Gasteiger partial charge in [0.15, 0.2) is 11.6 Å². The minimum Gasteiger partial charge on any atom is -0.478 e. The van der Waals surface area contributed by atoms with Gasteiger partial charge >= 0.3 is 0 Å². The van der Waals surface area contributed by atoms with Crippen LogP contribution in [0, 0.1) is 29.4 Å². The highest BCUT2D eigenvalue weighted by Gasteiger charge is 2.21. The van der Waals surface area contributed by atoms with Crippen LogP contribution in [0.5, 0.6) is 5.75 Å². The Morgan fingerprint density at radius 1 is 1.29 bits per heavy atom. The summed E-state index contributed by atoms with van der Waals surface area (Å²) in [7, 11) is 0. The quantitative estimate of drug-likeness (QED) is 0.867. The van der Waals surface area contributed by atoms with Gasteiger partial charge in [-0.2, -0.15) is 0 Å². The van der Waals surface area contributed by atoms with Crippen molar-refractivity contribution < 1.29 is 18.3 Å². The number of rotatable bonds is 4. The highest BCUT2D eigenvalue weighted by molar-refractivity contribution is 5.79. The van der Waals surface area contributed by atoms with Gasteiger partial charge in [-0.05, 0) is 25.0 Å². The van der Waals surface area contributed by atoms with Crippen LogP contribution in [-0.2, 0) is 4.79 Å². The topological polar surface area (TPSA) is 38.3 Å². The van der Waals surface area contributed by atoms with Gasteiger partial charge in [-0.3, -0.25) is 4.79 Å². The number of carbonyl (C=O) groups excluding carboxylic acids is 1. The van der Waals surface area contributed by atoms with Crippen LogP contribution in [0.15, 0.2) is 18.2 Å². The van der Waals surface area contributed by atoms with Gasteiger partial charge in [0.05, 0.1) is 6.54 Å². The van der Waals surface area contributed by atoms with E-state index in [4.69, 9.17) is 4.74 Å². The van der Waals surface area contributed by atoms with Crippen LogP contribution in [0.1, 0.15) is 25.7 Å². The van der Waals surface area contributed by atoms with Gasteiger partial charge in [0, 0.05) is 12.0 Å². The lowest BCUT2D eigenvalue weighted by atomic mass is 10.1. The highest BCUT2D eigenvalue weighted by Crippen LogP contribution is 2.24. The minimum absolute atomic E-state index is 0.0121. The zero-order chi connectivity index (χ0) is 15.1. The summed E-state index contributed by atoms with van der Waals surface area (Å²) < 4.78 is 31.0. The van der Waals surface area contributed by atoms with Gasteiger partial charge in [0.1, 0.15) is 12.4 Å². The van der Waals surface area contributed by atoms with E-state index in [9.17, 15) is 13.6 Å². The first kappa shape index (κ1) is 15.3. The molecule has 3 nitrogen and oxygen atoms in total. The molecule has 2 rings (SSSR count). The van der Waals surface area contributed by atoms with E-state index in [-0.39, 0.29) is 30.7 Å². The highest BCUT2D eigenvalue weighted by atomic mass is 19.1. The van der Waals surface area contributed by atoms with Crippen LogP contribution in [0.3, 0.4) is 0 Å². The maximum absolute atomic E-state index is 13.2. The maximum Gasteiger partial charge on any atom is 0.223 e. The predicted octanol–water partition coefficient (Wildman–Crippen LogP) is 2.65. The van der Waals surface area contributed by atoms with Crippen LogP contribution in [0.25, 0.3) is 0 Å². The molecular weight excluding hydrogens is 276 g/mol. The molecule has 0 bridgehead atoms. The lowest BCUT2D eigenvalue weighted by Gasteiger charge is -2.07. The third-order valence-electron chi connectivity index (χ3n) is 3.40. The average Bonchev–Trinajstić information content (AvgIpc) is 2.98. The normalized spacial score (nSPS) is 14.4. The summed E-state index contributed by atoms with van der Waals surface area (Å²) in [5.41, 5.74) is 0. The fraction of sp³-hybridized carbons (Fsp3) is 0.438. The van der Waals surface area contributed by atoms with E-state index >= 15 is 0 Å². The van der Waals surface area contributed by atoms with Gasteiger partial charge in [-0.25, -0.2) is 8.78 Å². The molecule has 0 aliphatic heterocycles. The van der Waals surface area contributed by atoms with E-state index in [2.05, 4.69) is 17.2 Å². The molecule has 0 atom stereocenters. The summed E-state index contributed by atoms with van der Waals surface area (Å²) in [6.07, 6.45) is 4.13. The van der Waals surface area contributed by atoms with E-state index in [1.807, 2.05) is 0 Å². The van der Waals surface area contributed by atoms with Gasteiger partial charge < -0.3 is 10.1 Å².